The van der Waals surface area contributed by atoms with E-state index < -0.39 is 17.4 Å². The van der Waals surface area contributed by atoms with Gasteiger partial charge in [-0.1, -0.05) is 55.4 Å². The summed E-state index contributed by atoms with van der Waals surface area (Å²) < 4.78 is 4.83. The fourth-order valence-electron chi connectivity index (χ4n) is 3.14. The standard InChI is InChI=1S/C25H36O3/c1-18(14-15-21-20(3)13-10-16-25(21,7)8)11-9-12-19(2)17-22(26)28-23(27)24(4,5)6/h9,11-12,14-15,17H,10,13,16H2,1-8H3/b12-9+,15-14+,18-11+,19-17+. The van der Waals surface area contributed by atoms with Crippen LogP contribution < -0.4 is 0 Å². The molecule has 0 aromatic heterocycles. The zero-order chi connectivity index (χ0) is 21.5. The van der Waals surface area contributed by atoms with E-state index in [1.165, 1.54) is 36.5 Å². The van der Waals surface area contributed by atoms with Gasteiger partial charge in [0.1, 0.15) is 0 Å². The van der Waals surface area contributed by atoms with Crippen molar-refractivity contribution in [2.24, 2.45) is 10.8 Å². The summed E-state index contributed by atoms with van der Waals surface area (Å²) in [5.41, 5.74) is 4.33. The molecule has 3 heteroatoms. The normalized spacial score (nSPS) is 18.9. The van der Waals surface area contributed by atoms with Crippen molar-refractivity contribution < 1.29 is 14.3 Å². The Labute approximate surface area is 170 Å². The first-order valence-corrected chi connectivity index (χ1v) is 10.0. The lowest BCUT2D eigenvalue weighted by Crippen LogP contribution is -2.25. The van der Waals surface area contributed by atoms with Gasteiger partial charge in [0.25, 0.3) is 0 Å². The average Bonchev–Trinajstić information content (AvgIpc) is 2.52. The van der Waals surface area contributed by atoms with Crippen LogP contribution >= 0.6 is 0 Å². The summed E-state index contributed by atoms with van der Waals surface area (Å²) in [7, 11) is 0. The number of hydrogen-bond acceptors (Lipinski definition) is 3. The van der Waals surface area contributed by atoms with Crippen molar-refractivity contribution in [1.82, 2.24) is 0 Å². The molecule has 1 rings (SSSR count). The predicted molar refractivity (Wildman–Crippen MR) is 117 cm³/mol. The van der Waals surface area contributed by atoms with Gasteiger partial charge < -0.3 is 4.74 Å². The lowest BCUT2D eigenvalue weighted by molar-refractivity contribution is -0.162. The second-order valence-corrected chi connectivity index (χ2v) is 9.38. The molecule has 154 valence electrons. The Hall–Kier alpha value is -2.16. The van der Waals surface area contributed by atoms with Crippen LogP contribution in [-0.2, 0) is 14.3 Å². The van der Waals surface area contributed by atoms with Gasteiger partial charge >= 0.3 is 11.9 Å². The van der Waals surface area contributed by atoms with Gasteiger partial charge in [0.15, 0.2) is 0 Å². The van der Waals surface area contributed by atoms with Gasteiger partial charge in [-0.3, -0.25) is 4.79 Å². The van der Waals surface area contributed by atoms with Gasteiger partial charge in [0.2, 0.25) is 0 Å². The highest BCUT2D eigenvalue weighted by atomic mass is 16.6. The van der Waals surface area contributed by atoms with E-state index in [4.69, 9.17) is 4.74 Å². The van der Waals surface area contributed by atoms with E-state index in [1.807, 2.05) is 18.2 Å². The number of rotatable bonds is 5. The molecule has 0 saturated heterocycles. The molecular formula is C25H36O3. The first-order chi connectivity index (χ1) is 12.8. The zero-order valence-corrected chi connectivity index (χ0v) is 18.8. The molecule has 0 saturated carbocycles. The maximum Gasteiger partial charge on any atom is 0.338 e. The number of carbonyl (C=O) groups excluding carboxylic acids is 2. The van der Waals surface area contributed by atoms with Gasteiger partial charge in [-0.05, 0) is 77.4 Å². The number of ether oxygens (including phenoxy) is 1. The summed E-state index contributed by atoms with van der Waals surface area (Å²) in [5.74, 6) is -1.16. The van der Waals surface area contributed by atoms with Gasteiger partial charge in [-0.25, -0.2) is 4.79 Å². The van der Waals surface area contributed by atoms with Gasteiger partial charge in [-0.2, -0.15) is 0 Å². The monoisotopic (exact) mass is 384 g/mol. The van der Waals surface area contributed by atoms with Crippen molar-refractivity contribution in [3.05, 3.63) is 58.7 Å². The van der Waals surface area contributed by atoms with Crippen molar-refractivity contribution in [1.29, 1.82) is 0 Å². The Morgan fingerprint density at radius 1 is 1.07 bits per heavy atom. The molecule has 0 unspecified atom stereocenters. The van der Waals surface area contributed by atoms with Gasteiger partial charge in [-0.15, -0.1) is 0 Å². The Morgan fingerprint density at radius 2 is 1.71 bits per heavy atom. The summed E-state index contributed by atoms with van der Waals surface area (Å²) in [5, 5.41) is 0. The Balaban J connectivity index is 2.72. The highest BCUT2D eigenvalue weighted by molar-refractivity contribution is 5.94. The Bertz CT molecular complexity index is 747. The summed E-state index contributed by atoms with van der Waals surface area (Å²) >= 11 is 0. The van der Waals surface area contributed by atoms with Crippen molar-refractivity contribution in [3.63, 3.8) is 0 Å². The molecule has 0 heterocycles. The maximum absolute atomic E-state index is 11.8. The molecule has 0 spiro atoms. The first kappa shape index (κ1) is 23.9. The molecule has 3 nitrogen and oxygen atoms in total. The van der Waals surface area contributed by atoms with Crippen LogP contribution in [0.2, 0.25) is 0 Å². The second-order valence-electron chi connectivity index (χ2n) is 9.38. The van der Waals surface area contributed by atoms with Crippen molar-refractivity contribution >= 4 is 11.9 Å². The summed E-state index contributed by atoms with van der Waals surface area (Å²) in [6, 6.07) is 0. The van der Waals surface area contributed by atoms with Crippen LogP contribution in [0.1, 0.15) is 74.7 Å². The van der Waals surface area contributed by atoms with E-state index in [0.717, 1.165) is 11.1 Å². The van der Waals surface area contributed by atoms with Crippen LogP contribution in [0, 0.1) is 10.8 Å². The minimum absolute atomic E-state index is 0.235. The molecule has 1 aliphatic rings. The van der Waals surface area contributed by atoms with Crippen LogP contribution in [0.15, 0.2) is 58.7 Å². The molecule has 28 heavy (non-hydrogen) atoms. The number of hydrogen-bond donors (Lipinski definition) is 0. The molecule has 1 aliphatic carbocycles. The molecule has 0 radical (unpaired) electrons. The van der Waals surface area contributed by atoms with Gasteiger partial charge in [0, 0.05) is 6.08 Å². The largest absolute Gasteiger partial charge is 0.389 e. The lowest BCUT2D eigenvalue weighted by Gasteiger charge is -2.32. The van der Waals surface area contributed by atoms with Crippen molar-refractivity contribution in [3.8, 4) is 0 Å². The average molecular weight is 385 g/mol. The second kappa shape index (κ2) is 9.86. The topological polar surface area (TPSA) is 43.4 Å². The van der Waals surface area contributed by atoms with E-state index in [2.05, 4.69) is 39.8 Å². The molecule has 0 aliphatic heterocycles. The number of esters is 2. The van der Waals surface area contributed by atoms with E-state index in [9.17, 15) is 9.59 Å². The lowest BCUT2D eigenvalue weighted by atomic mass is 9.72. The molecular weight excluding hydrogens is 348 g/mol. The highest BCUT2D eigenvalue weighted by Gasteiger charge is 2.26. The Kier molecular flexibility index (Phi) is 8.41. The smallest absolute Gasteiger partial charge is 0.338 e. The van der Waals surface area contributed by atoms with Crippen LogP contribution in [0.4, 0.5) is 0 Å². The molecule has 0 atom stereocenters. The van der Waals surface area contributed by atoms with Crippen molar-refractivity contribution in [2.45, 2.75) is 74.7 Å². The summed E-state index contributed by atoms with van der Waals surface area (Å²) in [6.07, 6.45) is 15.1. The third-order valence-corrected chi connectivity index (χ3v) is 4.92. The molecule has 0 aromatic rings. The van der Waals surface area contributed by atoms with E-state index >= 15 is 0 Å². The van der Waals surface area contributed by atoms with Crippen molar-refractivity contribution in [2.75, 3.05) is 0 Å². The van der Waals surface area contributed by atoms with Crippen LogP contribution in [0.3, 0.4) is 0 Å². The molecule has 0 aromatic carbocycles. The van der Waals surface area contributed by atoms with E-state index in [1.54, 1.807) is 27.7 Å². The molecule has 0 N–H and O–H groups in total. The van der Waals surface area contributed by atoms with E-state index in [-0.39, 0.29) is 5.41 Å². The zero-order valence-electron chi connectivity index (χ0n) is 18.8. The quantitative estimate of drug-likeness (QED) is 0.231. The Morgan fingerprint density at radius 3 is 2.29 bits per heavy atom. The predicted octanol–water partition coefficient (Wildman–Crippen LogP) is 6.63. The molecule has 0 bridgehead atoms. The highest BCUT2D eigenvalue weighted by Crippen LogP contribution is 2.40. The van der Waals surface area contributed by atoms with E-state index in [0.29, 0.717) is 0 Å². The molecule has 0 fully saturated rings. The SMILES string of the molecule is CC1=C(/C=C/C(C)=C/C=C/C(C)=C/C(=O)OC(=O)C(C)(C)C)C(C)(C)CCC1. The maximum atomic E-state index is 11.8. The molecule has 0 amide bonds. The summed E-state index contributed by atoms with van der Waals surface area (Å²) in [6.45, 7) is 15.9. The minimum atomic E-state index is -0.694. The summed E-state index contributed by atoms with van der Waals surface area (Å²) in [4.78, 5) is 23.5. The minimum Gasteiger partial charge on any atom is -0.389 e. The number of carbonyl (C=O) groups is 2. The first-order valence-electron chi connectivity index (χ1n) is 10.0. The number of allylic oxidation sites excluding steroid dienone is 9. The van der Waals surface area contributed by atoms with Crippen LogP contribution in [0.25, 0.3) is 0 Å². The fourth-order valence-corrected chi connectivity index (χ4v) is 3.14. The fraction of sp³-hybridized carbons (Fsp3) is 0.520. The third-order valence-electron chi connectivity index (χ3n) is 4.92. The van der Waals surface area contributed by atoms with Gasteiger partial charge in [0.05, 0.1) is 5.41 Å². The van der Waals surface area contributed by atoms with Crippen LogP contribution in [0.5, 0.6) is 0 Å². The third kappa shape index (κ3) is 7.84. The van der Waals surface area contributed by atoms with Crippen LogP contribution in [-0.4, -0.2) is 11.9 Å².